The second kappa shape index (κ2) is 8.73. The first kappa shape index (κ1) is 19.6. The number of aromatic nitrogens is 3. The zero-order valence-electron chi connectivity index (χ0n) is 14.9. The molecule has 6 nitrogen and oxygen atoms in total. The van der Waals surface area contributed by atoms with Crippen LogP contribution in [-0.2, 0) is 4.79 Å². The molecule has 0 radical (unpaired) electrons. The van der Waals surface area contributed by atoms with E-state index in [1.54, 1.807) is 18.2 Å². The van der Waals surface area contributed by atoms with Crippen LogP contribution < -0.4 is 10.2 Å². The molecule has 1 aromatic heterocycles. The van der Waals surface area contributed by atoms with Crippen molar-refractivity contribution in [3.63, 3.8) is 0 Å². The van der Waals surface area contributed by atoms with Gasteiger partial charge < -0.3 is 10.2 Å². The van der Waals surface area contributed by atoms with Crippen LogP contribution in [0.3, 0.4) is 0 Å². The van der Waals surface area contributed by atoms with Crippen molar-refractivity contribution < 1.29 is 9.63 Å². The van der Waals surface area contributed by atoms with Gasteiger partial charge in [-0.05, 0) is 59.8 Å². The number of hydrogen-bond donors (Lipinski definition) is 1. The SMILES string of the molecule is O=C(COn1nnc2ccc(Cl)cc21)Nc1ccccc1Sc1ccc(Cl)cc1. The predicted molar refractivity (Wildman–Crippen MR) is 115 cm³/mol. The summed E-state index contributed by atoms with van der Waals surface area (Å²) in [5, 5.41) is 11.9. The maximum Gasteiger partial charge on any atom is 0.265 e. The molecule has 1 amide bonds. The maximum atomic E-state index is 12.4. The van der Waals surface area contributed by atoms with Gasteiger partial charge in [-0.2, -0.15) is 0 Å². The molecule has 29 heavy (non-hydrogen) atoms. The van der Waals surface area contributed by atoms with Crippen molar-refractivity contribution in [3.8, 4) is 0 Å². The van der Waals surface area contributed by atoms with Crippen LogP contribution in [0.4, 0.5) is 5.69 Å². The first-order valence-electron chi connectivity index (χ1n) is 8.55. The molecule has 0 fully saturated rings. The summed E-state index contributed by atoms with van der Waals surface area (Å²) < 4.78 is 0. The van der Waals surface area contributed by atoms with Gasteiger partial charge in [0.15, 0.2) is 6.61 Å². The lowest BCUT2D eigenvalue weighted by Crippen LogP contribution is -2.26. The molecule has 0 atom stereocenters. The second-order valence-electron chi connectivity index (χ2n) is 5.97. The zero-order chi connectivity index (χ0) is 20.2. The summed E-state index contributed by atoms with van der Waals surface area (Å²) in [5.41, 5.74) is 1.90. The van der Waals surface area contributed by atoms with Crippen LogP contribution in [0.2, 0.25) is 10.0 Å². The highest BCUT2D eigenvalue weighted by molar-refractivity contribution is 7.99. The number of amides is 1. The van der Waals surface area contributed by atoms with E-state index in [4.69, 9.17) is 28.0 Å². The molecule has 0 unspecified atom stereocenters. The molecule has 3 aromatic carbocycles. The van der Waals surface area contributed by atoms with Crippen molar-refractivity contribution >= 4 is 57.6 Å². The number of hydrogen-bond acceptors (Lipinski definition) is 5. The average Bonchev–Trinajstić information content (AvgIpc) is 3.11. The van der Waals surface area contributed by atoms with E-state index in [0.29, 0.717) is 26.8 Å². The summed E-state index contributed by atoms with van der Waals surface area (Å²) in [6, 6.07) is 20.2. The van der Waals surface area contributed by atoms with E-state index in [9.17, 15) is 4.79 Å². The van der Waals surface area contributed by atoms with Gasteiger partial charge in [-0.1, -0.05) is 51.9 Å². The second-order valence-corrected chi connectivity index (χ2v) is 7.96. The number of halogens is 2. The Morgan fingerprint density at radius 3 is 2.62 bits per heavy atom. The van der Waals surface area contributed by atoms with Gasteiger partial charge in [-0.25, -0.2) is 0 Å². The Hall–Kier alpha value is -2.74. The molecular weight excluding hydrogens is 431 g/mol. The van der Waals surface area contributed by atoms with Crippen molar-refractivity contribution in [2.75, 3.05) is 11.9 Å². The smallest absolute Gasteiger partial charge is 0.265 e. The quantitative estimate of drug-likeness (QED) is 0.455. The summed E-state index contributed by atoms with van der Waals surface area (Å²) >= 11 is 13.5. The molecule has 1 heterocycles. The molecule has 1 N–H and O–H groups in total. The maximum absolute atomic E-state index is 12.4. The summed E-state index contributed by atoms with van der Waals surface area (Å²) in [6.45, 7) is -0.231. The van der Waals surface area contributed by atoms with Crippen LogP contribution in [0.15, 0.2) is 76.5 Å². The van der Waals surface area contributed by atoms with E-state index < -0.39 is 0 Å². The zero-order valence-corrected chi connectivity index (χ0v) is 17.2. The Bertz CT molecular complexity index is 1160. The van der Waals surface area contributed by atoms with Crippen molar-refractivity contribution in [1.82, 2.24) is 15.2 Å². The number of carbonyl (C=O) groups is 1. The number of anilines is 1. The van der Waals surface area contributed by atoms with Crippen molar-refractivity contribution in [3.05, 3.63) is 76.8 Å². The van der Waals surface area contributed by atoms with Crippen LogP contribution in [-0.4, -0.2) is 27.7 Å². The minimum absolute atomic E-state index is 0.231. The minimum Gasteiger partial charge on any atom is -0.385 e. The fourth-order valence-corrected chi connectivity index (χ4v) is 3.76. The van der Waals surface area contributed by atoms with Gasteiger partial charge in [0.1, 0.15) is 11.0 Å². The van der Waals surface area contributed by atoms with Crippen molar-refractivity contribution in [2.45, 2.75) is 9.79 Å². The third kappa shape index (κ3) is 4.82. The van der Waals surface area contributed by atoms with Crippen LogP contribution in [0.25, 0.3) is 11.0 Å². The van der Waals surface area contributed by atoms with Gasteiger partial charge in [0.05, 0.1) is 5.69 Å². The number of fused-ring (bicyclic) bond motifs is 1. The van der Waals surface area contributed by atoms with E-state index in [0.717, 1.165) is 9.79 Å². The molecule has 146 valence electrons. The number of rotatable bonds is 6. The summed E-state index contributed by atoms with van der Waals surface area (Å²) in [7, 11) is 0. The lowest BCUT2D eigenvalue weighted by molar-refractivity contribution is -0.121. The molecule has 0 saturated carbocycles. The Morgan fingerprint density at radius 2 is 1.79 bits per heavy atom. The highest BCUT2D eigenvalue weighted by Crippen LogP contribution is 2.33. The Kier molecular flexibility index (Phi) is 5.89. The van der Waals surface area contributed by atoms with E-state index in [2.05, 4.69) is 15.6 Å². The highest BCUT2D eigenvalue weighted by atomic mass is 35.5. The molecule has 0 saturated heterocycles. The van der Waals surface area contributed by atoms with Crippen LogP contribution in [0.1, 0.15) is 0 Å². The van der Waals surface area contributed by atoms with Gasteiger partial charge >= 0.3 is 0 Å². The van der Waals surface area contributed by atoms with Crippen LogP contribution in [0.5, 0.6) is 0 Å². The summed E-state index contributed by atoms with van der Waals surface area (Å²) in [6.07, 6.45) is 0. The van der Waals surface area contributed by atoms with Gasteiger partial charge in [-0.3, -0.25) is 4.79 Å². The highest BCUT2D eigenvalue weighted by Gasteiger charge is 2.11. The minimum atomic E-state index is -0.320. The Labute approximate surface area is 180 Å². The predicted octanol–water partition coefficient (Wildman–Crippen LogP) is 4.96. The van der Waals surface area contributed by atoms with E-state index >= 15 is 0 Å². The van der Waals surface area contributed by atoms with E-state index in [1.807, 2.05) is 48.5 Å². The largest absolute Gasteiger partial charge is 0.385 e. The third-order valence-corrected chi connectivity index (χ3v) is 5.47. The molecule has 0 aliphatic rings. The number of nitrogens with one attached hydrogen (secondary N) is 1. The lowest BCUT2D eigenvalue weighted by Gasteiger charge is -2.11. The van der Waals surface area contributed by atoms with Crippen molar-refractivity contribution in [2.24, 2.45) is 0 Å². The number of carbonyl (C=O) groups excluding carboxylic acids is 1. The van der Waals surface area contributed by atoms with Gasteiger partial charge in [0.25, 0.3) is 5.91 Å². The third-order valence-electron chi connectivity index (χ3n) is 3.90. The molecule has 0 spiro atoms. The number of para-hydroxylation sites is 1. The molecule has 4 aromatic rings. The Balaban J connectivity index is 1.43. The molecule has 0 aliphatic carbocycles. The first-order chi connectivity index (χ1) is 14.1. The van der Waals surface area contributed by atoms with E-state index in [1.165, 1.54) is 16.6 Å². The van der Waals surface area contributed by atoms with Crippen molar-refractivity contribution in [1.29, 1.82) is 0 Å². The lowest BCUT2D eigenvalue weighted by atomic mass is 10.3. The topological polar surface area (TPSA) is 69.0 Å². The van der Waals surface area contributed by atoms with Gasteiger partial charge in [0, 0.05) is 19.8 Å². The van der Waals surface area contributed by atoms with Crippen LogP contribution in [0, 0.1) is 0 Å². The number of benzene rings is 3. The fraction of sp³-hybridized carbons (Fsp3) is 0.0500. The van der Waals surface area contributed by atoms with Gasteiger partial charge in [-0.15, -0.1) is 5.10 Å². The molecule has 4 rings (SSSR count). The molecular formula is C20H14Cl2N4O2S. The number of nitrogens with zero attached hydrogens (tertiary/aromatic N) is 3. The normalized spacial score (nSPS) is 10.8. The van der Waals surface area contributed by atoms with Crippen LogP contribution >= 0.6 is 35.0 Å². The first-order valence-corrected chi connectivity index (χ1v) is 10.1. The monoisotopic (exact) mass is 444 g/mol. The van der Waals surface area contributed by atoms with Gasteiger partial charge in [0.2, 0.25) is 0 Å². The van der Waals surface area contributed by atoms with E-state index in [-0.39, 0.29) is 12.5 Å². The average molecular weight is 445 g/mol. The standard InChI is InChI=1S/C20H14Cl2N4O2S/c21-13-5-8-15(9-6-13)29-19-4-2-1-3-17(19)23-20(27)12-28-26-18-11-14(22)7-10-16(18)24-25-26/h1-11H,12H2,(H,23,27). The molecule has 9 heteroatoms. The molecule has 0 aliphatic heterocycles. The summed E-state index contributed by atoms with van der Waals surface area (Å²) in [5.74, 6) is -0.320. The Morgan fingerprint density at radius 1 is 1.03 bits per heavy atom. The molecule has 0 bridgehead atoms. The fourth-order valence-electron chi connectivity index (χ4n) is 2.56. The summed E-state index contributed by atoms with van der Waals surface area (Å²) in [4.78, 5) is 21.0.